The summed E-state index contributed by atoms with van der Waals surface area (Å²) >= 11 is 6.25. The number of amides is 1. The van der Waals surface area contributed by atoms with E-state index in [1.807, 2.05) is 53.4 Å². The molecule has 2 N–H and O–H groups in total. The van der Waals surface area contributed by atoms with Crippen molar-refractivity contribution in [2.45, 2.75) is 32.7 Å². The molecule has 1 heterocycles. The highest BCUT2D eigenvalue weighted by Gasteiger charge is 2.31. The fourth-order valence-corrected chi connectivity index (χ4v) is 3.83. The second-order valence-corrected chi connectivity index (χ2v) is 8.10. The molecule has 1 atom stereocenters. The van der Waals surface area contributed by atoms with E-state index in [-0.39, 0.29) is 5.91 Å². The zero-order chi connectivity index (χ0) is 19.4. The lowest BCUT2D eigenvalue weighted by Crippen LogP contribution is -2.41. The first-order valence-corrected chi connectivity index (χ1v) is 9.95. The molecule has 27 heavy (non-hydrogen) atoms. The van der Waals surface area contributed by atoms with Gasteiger partial charge in [-0.25, -0.2) is 0 Å². The summed E-state index contributed by atoms with van der Waals surface area (Å²) in [4.78, 5) is 17.1. The van der Waals surface area contributed by atoms with Crippen LogP contribution in [0, 0.1) is 5.92 Å². The molecule has 3 rings (SSSR count). The predicted molar refractivity (Wildman–Crippen MR) is 113 cm³/mol. The summed E-state index contributed by atoms with van der Waals surface area (Å²) in [7, 11) is 0. The molecule has 2 aromatic carbocycles. The van der Waals surface area contributed by atoms with Crippen LogP contribution < -0.4 is 10.6 Å². The monoisotopic (exact) mass is 385 g/mol. The number of nitrogens with zero attached hydrogens (tertiary/aromatic N) is 2. The van der Waals surface area contributed by atoms with Gasteiger partial charge in [0, 0.05) is 31.4 Å². The Morgan fingerprint density at radius 1 is 1.26 bits per heavy atom. The average Bonchev–Trinajstić information content (AvgIpc) is 3.13. The molecular weight excluding hydrogens is 358 g/mol. The third-order valence-corrected chi connectivity index (χ3v) is 5.36. The summed E-state index contributed by atoms with van der Waals surface area (Å²) in [6.45, 7) is 6.89. The van der Waals surface area contributed by atoms with Gasteiger partial charge in [-0.1, -0.05) is 55.8 Å². The van der Waals surface area contributed by atoms with Gasteiger partial charge in [0.1, 0.15) is 0 Å². The second kappa shape index (κ2) is 8.66. The number of halogens is 1. The summed E-state index contributed by atoms with van der Waals surface area (Å²) in [6.07, 6.45) is 1.43. The van der Waals surface area contributed by atoms with Gasteiger partial charge in [-0.05, 0) is 36.1 Å². The van der Waals surface area contributed by atoms with Crippen LogP contribution >= 0.6 is 11.6 Å². The van der Waals surface area contributed by atoms with Gasteiger partial charge in [-0.15, -0.1) is 0 Å². The summed E-state index contributed by atoms with van der Waals surface area (Å²) in [5.41, 5.74) is 8.61. The molecule has 0 radical (unpaired) electrons. The lowest BCUT2D eigenvalue weighted by Gasteiger charge is -2.33. The number of carbonyl (C=O) groups excluding carboxylic acids is 1. The van der Waals surface area contributed by atoms with Gasteiger partial charge in [0.15, 0.2) is 0 Å². The number of nitrogen functional groups attached to an aromatic ring is 1. The molecule has 1 saturated heterocycles. The fourth-order valence-electron chi connectivity index (χ4n) is 3.66. The van der Waals surface area contributed by atoms with E-state index in [0.29, 0.717) is 29.1 Å². The number of benzene rings is 2. The SMILES string of the molecule is CC(C)CN(c1ccc(N)c(Cl)c1)C1CCN(C(=O)Cc2ccccc2)C1. The average molecular weight is 386 g/mol. The molecule has 5 heteroatoms. The highest BCUT2D eigenvalue weighted by molar-refractivity contribution is 6.33. The van der Waals surface area contributed by atoms with Crippen LogP contribution in [-0.2, 0) is 11.2 Å². The highest BCUT2D eigenvalue weighted by atomic mass is 35.5. The summed E-state index contributed by atoms with van der Waals surface area (Å²) in [5, 5.41) is 0.580. The molecule has 0 aliphatic carbocycles. The Bertz CT molecular complexity index is 778. The van der Waals surface area contributed by atoms with Crippen molar-refractivity contribution >= 4 is 28.9 Å². The quantitative estimate of drug-likeness (QED) is 0.757. The first-order chi connectivity index (χ1) is 12.9. The Balaban J connectivity index is 1.71. The van der Waals surface area contributed by atoms with E-state index >= 15 is 0 Å². The fraction of sp³-hybridized carbons (Fsp3) is 0.409. The molecule has 4 nitrogen and oxygen atoms in total. The van der Waals surface area contributed by atoms with E-state index in [2.05, 4.69) is 18.7 Å². The maximum Gasteiger partial charge on any atom is 0.227 e. The lowest BCUT2D eigenvalue weighted by molar-refractivity contribution is -0.129. The Morgan fingerprint density at radius 2 is 2.00 bits per heavy atom. The molecule has 0 aromatic heterocycles. The minimum Gasteiger partial charge on any atom is -0.398 e. The number of nitrogens with two attached hydrogens (primary N) is 1. The van der Waals surface area contributed by atoms with Crippen molar-refractivity contribution in [2.75, 3.05) is 30.3 Å². The van der Waals surface area contributed by atoms with Crippen LogP contribution in [0.3, 0.4) is 0 Å². The van der Waals surface area contributed by atoms with E-state index in [9.17, 15) is 4.79 Å². The van der Waals surface area contributed by atoms with Crippen molar-refractivity contribution in [3.8, 4) is 0 Å². The number of carbonyl (C=O) groups is 1. The van der Waals surface area contributed by atoms with Crippen LogP contribution in [0.15, 0.2) is 48.5 Å². The van der Waals surface area contributed by atoms with Crippen molar-refractivity contribution in [1.29, 1.82) is 0 Å². The third kappa shape index (κ3) is 4.95. The third-order valence-electron chi connectivity index (χ3n) is 5.03. The number of rotatable bonds is 6. The Hall–Kier alpha value is -2.20. The van der Waals surface area contributed by atoms with Crippen LogP contribution in [0.5, 0.6) is 0 Å². The highest BCUT2D eigenvalue weighted by Crippen LogP contribution is 2.29. The molecule has 1 aliphatic heterocycles. The molecule has 1 aliphatic rings. The van der Waals surface area contributed by atoms with Crippen molar-refractivity contribution < 1.29 is 4.79 Å². The molecule has 1 fully saturated rings. The van der Waals surface area contributed by atoms with Crippen molar-refractivity contribution in [1.82, 2.24) is 4.90 Å². The minimum atomic E-state index is 0.198. The molecule has 1 unspecified atom stereocenters. The van der Waals surface area contributed by atoms with Gasteiger partial charge in [-0.2, -0.15) is 0 Å². The standard InChI is InChI=1S/C22H28ClN3O/c1-16(2)14-26(18-8-9-21(24)20(23)13-18)19-10-11-25(15-19)22(27)12-17-6-4-3-5-7-17/h3-9,13,16,19H,10-12,14-15,24H2,1-2H3. The molecule has 0 saturated carbocycles. The maximum absolute atomic E-state index is 12.7. The van der Waals surface area contributed by atoms with Gasteiger partial charge in [0.25, 0.3) is 0 Å². The normalized spacial score (nSPS) is 16.7. The van der Waals surface area contributed by atoms with E-state index in [1.165, 1.54) is 0 Å². The lowest BCUT2D eigenvalue weighted by atomic mass is 10.1. The zero-order valence-corrected chi connectivity index (χ0v) is 16.8. The Morgan fingerprint density at radius 3 is 2.67 bits per heavy atom. The van der Waals surface area contributed by atoms with Crippen LogP contribution in [0.2, 0.25) is 5.02 Å². The van der Waals surface area contributed by atoms with E-state index < -0.39 is 0 Å². The first-order valence-electron chi connectivity index (χ1n) is 9.57. The molecule has 2 aromatic rings. The first kappa shape index (κ1) is 19.6. The van der Waals surface area contributed by atoms with Crippen LogP contribution in [0.4, 0.5) is 11.4 Å². The van der Waals surface area contributed by atoms with Gasteiger partial charge in [0.2, 0.25) is 5.91 Å². The van der Waals surface area contributed by atoms with Crippen molar-refractivity contribution in [3.63, 3.8) is 0 Å². The van der Waals surface area contributed by atoms with Crippen molar-refractivity contribution in [2.24, 2.45) is 5.92 Å². The zero-order valence-electron chi connectivity index (χ0n) is 16.1. The van der Waals surface area contributed by atoms with Crippen LogP contribution in [0.1, 0.15) is 25.8 Å². The van der Waals surface area contributed by atoms with Gasteiger partial charge >= 0.3 is 0 Å². The molecule has 0 spiro atoms. The van der Waals surface area contributed by atoms with Gasteiger partial charge in [0.05, 0.1) is 17.1 Å². The predicted octanol–water partition coefficient (Wildman–Crippen LogP) is 4.23. The molecular formula is C22H28ClN3O. The summed E-state index contributed by atoms with van der Waals surface area (Å²) in [5.74, 6) is 0.707. The van der Waals surface area contributed by atoms with Gasteiger partial charge in [-0.3, -0.25) is 4.79 Å². The van der Waals surface area contributed by atoms with E-state index in [0.717, 1.165) is 37.3 Å². The molecule has 1 amide bonds. The molecule has 0 bridgehead atoms. The van der Waals surface area contributed by atoms with Crippen molar-refractivity contribution in [3.05, 3.63) is 59.1 Å². The maximum atomic E-state index is 12.7. The Kier molecular flexibility index (Phi) is 6.27. The number of anilines is 2. The summed E-state index contributed by atoms with van der Waals surface area (Å²) < 4.78 is 0. The topological polar surface area (TPSA) is 49.6 Å². The van der Waals surface area contributed by atoms with E-state index in [4.69, 9.17) is 17.3 Å². The number of likely N-dealkylation sites (tertiary alicyclic amines) is 1. The Labute approximate surface area is 166 Å². The number of hydrogen-bond donors (Lipinski definition) is 1. The smallest absolute Gasteiger partial charge is 0.227 e. The second-order valence-electron chi connectivity index (χ2n) is 7.70. The largest absolute Gasteiger partial charge is 0.398 e. The van der Waals surface area contributed by atoms with Gasteiger partial charge < -0.3 is 15.5 Å². The summed E-state index contributed by atoms with van der Waals surface area (Å²) in [6, 6.07) is 16.1. The number of hydrogen-bond acceptors (Lipinski definition) is 3. The van der Waals surface area contributed by atoms with Crippen LogP contribution in [-0.4, -0.2) is 36.5 Å². The minimum absolute atomic E-state index is 0.198. The van der Waals surface area contributed by atoms with E-state index in [1.54, 1.807) is 0 Å². The van der Waals surface area contributed by atoms with Crippen LogP contribution in [0.25, 0.3) is 0 Å². The molecule has 144 valence electrons.